The van der Waals surface area contributed by atoms with Gasteiger partial charge in [0, 0.05) is 4.88 Å². The maximum Gasteiger partial charge on any atom is 0.238 e. The zero-order valence-corrected chi connectivity index (χ0v) is 14.4. The number of H-pyrrole nitrogens is 1. The van der Waals surface area contributed by atoms with E-state index in [4.69, 9.17) is 0 Å². The third-order valence-corrected chi connectivity index (χ3v) is 6.02. The second-order valence-corrected chi connectivity index (χ2v) is 7.86. The van der Waals surface area contributed by atoms with Crippen LogP contribution in [0, 0.1) is 11.3 Å². The highest BCUT2D eigenvalue weighted by Gasteiger charge is 2.23. The number of nitrogens with zero attached hydrogens (tertiary/aromatic N) is 3. The van der Waals surface area contributed by atoms with Crippen LogP contribution in [0.2, 0.25) is 0 Å². The van der Waals surface area contributed by atoms with E-state index < -0.39 is 0 Å². The van der Waals surface area contributed by atoms with E-state index >= 15 is 0 Å². The van der Waals surface area contributed by atoms with Crippen LogP contribution in [0.25, 0.3) is 0 Å². The predicted octanol–water partition coefficient (Wildman–Crippen LogP) is 3.13. The molecule has 2 heterocycles. The summed E-state index contributed by atoms with van der Waals surface area (Å²) in [5, 5.41) is 19.9. The third kappa shape index (κ3) is 3.57. The number of aromatic amines is 1. The Morgan fingerprint density at radius 3 is 3.04 bits per heavy atom. The molecule has 6 nitrogen and oxygen atoms in total. The number of anilines is 1. The smallest absolute Gasteiger partial charge is 0.238 e. The Labute approximate surface area is 142 Å². The minimum atomic E-state index is -0.323. The van der Waals surface area contributed by atoms with E-state index in [1.807, 2.05) is 6.92 Å². The number of rotatable bonds is 4. The molecule has 0 aliphatic heterocycles. The van der Waals surface area contributed by atoms with Gasteiger partial charge in [-0.2, -0.15) is 10.4 Å². The number of aromatic nitrogens is 3. The van der Waals surface area contributed by atoms with E-state index in [0.717, 1.165) is 31.2 Å². The molecule has 0 aromatic carbocycles. The summed E-state index contributed by atoms with van der Waals surface area (Å²) in [6, 6.07) is 2.28. The molecule has 0 bridgehead atoms. The van der Waals surface area contributed by atoms with Crippen LogP contribution < -0.4 is 5.32 Å². The fraction of sp³-hybridized carbons (Fsp3) is 0.467. The lowest BCUT2D eigenvalue weighted by Gasteiger charge is -2.09. The van der Waals surface area contributed by atoms with Crippen LogP contribution in [0.3, 0.4) is 0 Å². The van der Waals surface area contributed by atoms with Crippen molar-refractivity contribution in [1.29, 1.82) is 5.26 Å². The molecule has 0 saturated carbocycles. The average Bonchev–Trinajstić information content (AvgIpc) is 3.09. The minimum absolute atomic E-state index is 0.126. The fourth-order valence-corrected chi connectivity index (χ4v) is 4.59. The first kappa shape index (κ1) is 16.0. The Hall–Kier alpha value is -1.85. The van der Waals surface area contributed by atoms with Crippen molar-refractivity contribution in [2.75, 3.05) is 5.32 Å². The zero-order chi connectivity index (χ0) is 16.2. The standard InChI is InChI=1S/C15H17N5OS2/c1-9(22-15-17-8-18-20-15)13(21)19-14-11(7-16)10-5-3-2-4-6-12(10)23-14/h8-9H,2-6H2,1H3,(H,19,21)(H,17,18,20). The molecule has 1 aliphatic carbocycles. The number of nitriles is 1. The maximum atomic E-state index is 12.4. The summed E-state index contributed by atoms with van der Waals surface area (Å²) >= 11 is 2.86. The summed E-state index contributed by atoms with van der Waals surface area (Å²) in [6.07, 6.45) is 6.84. The lowest BCUT2D eigenvalue weighted by atomic mass is 10.1. The maximum absolute atomic E-state index is 12.4. The molecule has 0 saturated heterocycles. The summed E-state index contributed by atoms with van der Waals surface area (Å²) < 4.78 is 0. The van der Waals surface area contributed by atoms with Gasteiger partial charge in [0.25, 0.3) is 0 Å². The van der Waals surface area contributed by atoms with Gasteiger partial charge in [-0.05, 0) is 38.2 Å². The van der Waals surface area contributed by atoms with Crippen molar-refractivity contribution in [1.82, 2.24) is 15.2 Å². The van der Waals surface area contributed by atoms with Crippen LogP contribution in [0.1, 0.15) is 42.2 Å². The van der Waals surface area contributed by atoms with Gasteiger partial charge in [0.05, 0.1) is 10.8 Å². The number of aryl methyl sites for hydroxylation is 1. The van der Waals surface area contributed by atoms with Gasteiger partial charge in [0.1, 0.15) is 17.4 Å². The Kier molecular flexibility index (Phi) is 4.98. The summed E-state index contributed by atoms with van der Waals surface area (Å²) in [4.78, 5) is 17.7. The first-order valence-corrected chi connectivity index (χ1v) is 9.26. The van der Waals surface area contributed by atoms with Crippen molar-refractivity contribution in [2.24, 2.45) is 0 Å². The Balaban J connectivity index is 1.74. The first-order chi connectivity index (χ1) is 11.2. The Morgan fingerprint density at radius 2 is 2.30 bits per heavy atom. The number of amides is 1. The number of thioether (sulfide) groups is 1. The van der Waals surface area contributed by atoms with Crippen molar-refractivity contribution in [3.63, 3.8) is 0 Å². The van der Waals surface area contributed by atoms with Gasteiger partial charge >= 0.3 is 0 Å². The molecule has 1 unspecified atom stereocenters. The van der Waals surface area contributed by atoms with E-state index in [2.05, 4.69) is 26.6 Å². The molecule has 0 fully saturated rings. The molecule has 23 heavy (non-hydrogen) atoms. The van der Waals surface area contributed by atoms with Crippen LogP contribution in [-0.2, 0) is 17.6 Å². The SMILES string of the molecule is CC(Sc1ncn[nH]1)C(=O)Nc1sc2c(c1C#N)CCCCC2. The van der Waals surface area contributed by atoms with E-state index in [-0.39, 0.29) is 11.2 Å². The van der Waals surface area contributed by atoms with Gasteiger partial charge in [-0.1, -0.05) is 18.2 Å². The number of nitrogens with one attached hydrogen (secondary N) is 2. The van der Waals surface area contributed by atoms with Gasteiger partial charge in [0.2, 0.25) is 5.91 Å². The van der Waals surface area contributed by atoms with Gasteiger partial charge in [-0.15, -0.1) is 11.3 Å². The molecular formula is C15H17N5OS2. The van der Waals surface area contributed by atoms with E-state index in [9.17, 15) is 10.1 Å². The predicted molar refractivity (Wildman–Crippen MR) is 90.6 cm³/mol. The summed E-state index contributed by atoms with van der Waals surface area (Å²) in [5.41, 5.74) is 1.79. The van der Waals surface area contributed by atoms with Crippen molar-refractivity contribution in [3.05, 3.63) is 22.3 Å². The Bertz CT molecular complexity index is 732. The lowest BCUT2D eigenvalue weighted by Crippen LogP contribution is -2.22. The molecule has 0 spiro atoms. The van der Waals surface area contributed by atoms with Crippen LogP contribution in [0.4, 0.5) is 5.00 Å². The minimum Gasteiger partial charge on any atom is -0.316 e. The molecule has 0 radical (unpaired) electrons. The zero-order valence-electron chi connectivity index (χ0n) is 12.8. The summed E-state index contributed by atoms with van der Waals surface area (Å²) in [5.74, 6) is -0.126. The molecule has 120 valence electrons. The molecule has 3 rings (SSSR count). The van der Waals surface area contributed by atoms with Gasteiger partial charge in [0.15, 0.2) is 5.16 Å². The van der Waals surface area contributed by atoms with E-state index in [1.54, 1.807) is 11.3 Å². The van der Waals surface area contributed by atoms with Crippen molar-refractivity contribution in [2.45, 2.75) is 49.4 Å². The van der Waals surface area contributed by atoms with Crippen LogP contribution >= 0.6 is 23.1 Å². The number of hydrogen-bond acceptors (Lipinski definition) is 6. The third-order valence-electron chi connectivity index (χ3n) is 3.82. The molecule has 2 N–H and O–H groups in total. The summed E-state index contributed by atoms with van der Waals surface area (Å²) in [6.45, 7) is 1.81. The molecule has 2 aromatic rings. The van der Waals surface area contributed by atoms with Crippen molar-refractivity contribution < 1.29 is 4.79 Å². The highest BCUT2D eigenvalue weighted by Crippen LogP contribution is 2.37. The molecule has 1 amide bonds. The number of thiophene rings is 1. The van der Waals surface area contributed by atoms with Crippen LogP contribution in [-0.4, -0.2) is 26.3 Å². The quantitative estimate of drug-likeness (QED) is 0.654. The normalized spacial score (nSPS) is 15.3. The van der Waals surface area contributed by atoms with Crippen LogP contribution in [0.15, 0.2) is 11.5 Å². The fourth-order valence-electron chi connectivity index (χ4n) is 2.63. The van der Waals surface area contributed by atoms with E-state index in [0.29, 0.717) is 15.7 Å². The molecule has 8 heteroatoms. The molecule has 1 aliphatic rings. The van der Waals surface area contributed by atoms with Gasteiger partial charge < -0.3 is 5.32 Å². The summed E-state index contributed by atoms with van der Waals surface area (Å²) in [7, 11) is 0. The second-order valence-electron chi connectivity index (χ2n) is 5.42. The number of hydrogen-bond donors (Lipinski definition) is 2. The first-order valence-electron chi connectivity index (χ1n) is 7.56. The molecular weight excluding hydrogens is 330 g/mol. The molecule has 2 aromatic heterocycles. The van der Waals surface area contributed by atoms with Crippen LogP contribution in [0.5, 0.6) is 0 Å². The number of fused-ring (bicyclic) bond motifs is 1. The van der Waals surface area contributed by atoms with Crippen molar-refractivity contribution in [3.8, 4) is 6.07 Å². The van der Waals surface area contributed by atoms with Gasteiger partial charge in [-0.3, -0.25) is 9.89 Å². The second kappa shape index (κ2) is 7.15. The highest BCUT2D eigenvalue weighted by atomic mass is 32.2. The molecule has 1 atom stereocenters. The number of carbonyl (C=O) groups is 1. The largest absolute Gasteiger partial charge is 0.316 e. The van der Waals surface area contributed by atoms with Gasteiger partial charge in [-0.25, -0.2) is 4.98 Å². The lowest BCUT2D eigenvalue weighted by molar-refractivity contribution is -0.115. The Morgan fingerprint density at radius 1 is 1.48 bits per heavy atom. The highest BCUT2D eigenvalue weighted by molar-refractivity contribution is 8.00. The average molecular weight is 347 g/mol. The number of carbonyl (C=O) groups excluding carboxylic acids is 1. The van der Waals surface area contributed by atoms with Crippen molar-refractivity contribution >= 4 is 34.0 Å². The monoisotopic (exact) mass is 347 g/mol. The topological polar surface area (TPSA) is 94.5 Å². The van der Waals surface area contributed by atoms with E-state index in [1.165, 1.54) is 29.4 Å².